The van der Waals surface area contributed by atoms with E-state index in [-0.39, 0.29) is 11.9 Å². The van der Waals surface area contributed by atoms with Crippen molar-refractivity contribution in [3.8, 4) is 0 Å². The Hall–Kier alpha value is -1.13. The summed E-state index contributed by atoms with van der Waals surface area (Å²) < 4.78 is 18.5. The van der Waals surface area contributed by atoms with Crippen LogP contribution in [-0.4, -0.2) is 26.8 Å². The zero-order chi connectivity index (χ0) is 14.4. The van der Waals surface area contributed by atoms with Crippen LogP contribution < -0.4 is 10.6 Å². The number of benzene rings is 1. The number of nitrogens with zero attached hydrogens (tertiary/aromatic N) is 1. The average molecular weight is 268 g/mol. The summed E-state index contributed by atoms with van der Waals surface area (Å²) in [5, 5.41) is 0. The third-order valence-electron chi connectivity index (χ3n) is 2.97. The van der Waals surface area contributed by atoms with Crippen LogP contribution in [0.25, 0.3) is 0 Å². The maximum Gasteiger partial charge on any atom is 0.123 e. The number of rotatable bonds is 7. The normalized spacial score (nSPS) is 12.8. The quantitative estimate of drug-likeness (QED) is 0.826. The Morgan fingerprint density at radius 2 is 2.00 bits per heavy atom. The van der Waals surface area contributed by atoms with Gasteiger partial charge in [-0.2, -0.15) is 0 Å². The zero-order valence-corrected chi connectivity index (χ0v) is 12.3. The van der Waals surface area contributed by atoms with Crippen molar-refractivity contribution in [2.45, 2.75) is 26.8 Å². The number of halogens is 1. The minimum atomic E-state index is -0.243. The van der Waals surface area contributed by atoms with Gasteiger partial charge in [-0.05, 0) is 36.6 Å². The summed E-state index contributed by atoms with van der Waals surface area (Å²) in [6.45, 7) is 8.52. The van der Waals surface area contributed by atoms with E-state index in [1.54, 1.807) is 7.11 Å². The molecule has 19 heavy (non-hydrogen) atoms. The van der Waals surface area contributed by atoms with E-state index < -0.39 is 0 Å². The molecule has 0 saturated carbocycles. The molecule has 1 rings (SSSR count). The molecule has 0 aliphatic heterocycles. The Kier molecular flexibility index (Phi) is 6.25. The number of hydrogen-bond donors (Lipinski definition) is 1. The molecule has 3 nitrogen and oxygen atoms in total. The average Bonchev–Trinajstić information content (AvgIpc) is 2.34. The van der Waals surface area contributed by atoms with Gasteiger partial charge in [-0.3, -0.25) is 0 Å². The first kappa shape index (κ1) is 15.9. The summed E-state index contributed by atoms with van der Waals surface area (Å²) in [5.74, 6) is 0.273. The standard InChI is InChI=1S/C15H25FN2O/c1-11(2)10-18(7-8-19-4)15-6-5-13(16)9-14(15)12(3)17/h5-6,9,11-12H,7-8,10,17H2,1-4H3/t12-/m1/s1. The van der Waals surface area contributed by atoms with Crippen molar-refractivity contribution in [2.75, 3.05) is 31.7 Å². The molecule has 0 fully saturated rings. The van der Waals surface area contributed by atoms with Gasteiger partial charge in [0.25, 0.3) is 0 Å². The summed E-state index contributed by atoms with van der Waals surface area (Å²) in [7, 11) is 1.69. The second kappa shape index (κ2) is 7.46. The van der Waals surface area contributed by atoms with E-state index in [1.165, 1.54) is 12.1 Å². The van der Waals surface area contributed by atoms with Crippen LogP contribution in [0.2, 0.25) is 0 Å². The van der Waals surface area contributed by atoms with E-state index in [2.05, 4.69) is 18.7 Å². The van der Waals surface area contributed by atoms with Gasteiger partial charge in [0, 0.05) is 31.9 Å². The molecule has 0 unspecified atom stereocenters. The van der Waals surface area contributed by atoms with E-state index in [0.29, 0.717) is 12.5 Å². The molecule has 0 aliphatic rings. The first-order valence-electron chi connectivity index (χ1n) is 6.74. The van der Waals surface area contributed by atoms with Crippen molar-refractivity contribution in [1.82, 2.24) is 0 Å². The van der Waals surface area contributed by atoms with Gasteiger partial charge in [-0.15, -0.1) is 0 Å². The molecular weight excluding hydrogens is 243 g/mol. The van der Waals surface area contributed by atoms with Gasteiger partial charge >= 0.3 is 0 Å². The molecule has 1 aromatic rings. The maximum atomic E-state index is 13.4. The molecule has 0 saturated heterocycles. The Balaban J connectivity index is 3.05. The van der Waals surface area contributed by atoms with Crippen LogP contribution in [0.1, 0.15) is 32.4 Å². The molecule has 108 valence electrons. The highest BCUT2D eigenvalue weighted by Crippen LogP contribution is 2.26. The topological polar surface area (TPSA) is 38.5 Å². The fourth-order valence-corrected chi connectivity index (χ4v) is 2.13. The van der Waals surface area contributed by atoms with Crippen molar-refractivity contribution in [1.29, 1.82) is 0 Å². The minimum absolute atomic E-state index is 0.192. The highest BCUT2D eigenvalue weighted by molar-refractivity contribution is 5.55. The molecule has 4 heteroatoms. The second-order valence-corrected chi connectivity index (χ2v) is 5.32. The second-order valence-electron chi connectivity index (χ2n) is 5.32. The van der Waals surface area contributed by atoms with Crippen LogP contribution in [0.4, 0.5) is 10.1 Å². The largest absolute Gasteiger partial charge is 0.383 e. The molecule has 0 aliphatic carbocycles. The fourth-order valence-electron chi connectivity index (χ4n) is 2.13. The van der Waals surface area contributed by atoms with Crippen LogP contribution >= 0.6 is 0 Å². The van der Waals surface area contributed by atoms with Gasteiger partial charge in [0.1, 0.15) is 5.82 Å². The molecule has 0 spiro atoms. The Morgan fingerprint density at radius 3 is 2.53 bits per heavy atom. The van der Waals surface area contributed by atoms with Crippen LogP contribution in [0, 0.1) is 11.7 Å². The Morgan fingerprint density at radius 1 is 1.32 bits per heavy atom. The first-order valence-corrected chi connectivity index (χ1v) is 6.74. The number of ether oxygens (including phenoxy) is 1. The van der Waals surface area contributed by atoms with Crippen molar-refractivity contribution in [3.63, 3.8) is 0 Å². The molecule has 2 N–H and O–H groups in total. The van der Waals surface area contributed by atoms with E-state index in [0.717, 1.165) is 24.3 Å². The fraction of sp³-hybridized carbons (Fsp3) is 0.600. The van der Waals surface area contributed by atoms with E-state index in [4.69, 9.17) is 10.5 Å². The lowest BCUT2D eigenvalue weighted by molar-refractivity contribution is 0.204. The number of hydrogen-bond acceptors (Lipinski definition) is 3. The Labute approximate surface area is 115 Å². The highest BCUT2D eigenvalue weighted by atomic mass is 19.1. The SMILES string of the molecule is COCCN(CC(C)C)c1ccc(F)cc1[C@@H](C)N. The van der Waals surface area contributed by atoms with Crippen molar-refractivity contribution >= 4 is 5.69 Å². The minimum Gasteiger partial charge on any atom is -0.383 e. The van der Waals surface area contributed by atoms with Gasteiger partial charge in [-0.25, -0.2) is 4.39 Å². The van der Waals surface area contributed by atoms with Crippen LogP contribution in [0.5, 0.6) is 0 Å². The Bertz CT molecular complexity index is 394. The van der Waals surface area contributed by atoms with Gasteiger partial charge in [0.2, 0.25) is 0 Å². The molecular formula is C15H25FN2O. The predicted molar refractivity (Wildman–Crippen MR) is 77.9 cm³/mol. The highest BCUT2D eigenvalue weighted by Gasteiger charge is 2.15. The third-order valence-corrected chi connectivity index (χ3v) is 2.97. The molecule has 1 atom stereocenters. The first-order chi connectivity index (χ1) is 8.95. The van der Waals surface area contributed by atoms with Crippen LogP contribution in [0.15, 0.2) is 18.2 Å². The van der Waals surface area contributed by atoms with E-state index in [1.807, 2.05) is 13.0 Å². The molecule has 0 aromatic heterocycles. The summed E-state index contributed by atoms with van der Waals surface area (Å²) in [4.78, 5) is 2.21. The van der Waals surface area contributed by atoms with E-state index in [9.17, 15) is 4.39 Å². The third kappa shape index (κ3) is 4.80. The lowest BCUT2D eigenvalue weighted by atomic mass is 10.0. The van der Waals surface area contributed by atoms with Gasteiger partial charge in [0.15, 0.2) is 0 Å². The number of methoxy groups -OCH3 is 1. The van der Waals surface area contributed by atoms with Crippen LogP contribution in [0.3, 0.4) is 0 Å². The van der Waals surface area contributed by atoms with Gasteiger partial charge in [0.05, 0.1) is 6.61 Å². The molecule has 0 radical (unpaired) electrons. The maximum absolute atomic E-state index is 13.4. The van der Waals surface area contributed by atoms with E-state index >= 15 is 0 Å². The number of nitrogens with two attached hydrogens (primary N) is 1. The zero-order valence-electron chi connectivity index (χ0n) is 12.3. The molecule has 0 amide bonds. The number of anilines is 1. The lowest BCUT2D eigenvalue weighted by Gasteiger charge is -2.29. The lowest BCUT2D eigenvalue weighted by Crippen LogP contribution is -2.32. The van der Waals surface area contributed by atoms with Crippen molar-refractivity contribution < 1.29 is 9.13 Å². The summed E-state index contributed by atoms with van der Waals surface area (Å²) >= 11 is 0. The molecule has 0 bridgehead atoms. The summed E-state index contributed by atoms with van der Waals surface area (Å²) in [6.07, 6.45) is 0. The van der Waals surface area contributed by atoms with Crippen molar-refractivity contribution in [3.05, 3.63) is 29.6 Å². The van der Waals surface area contributed by atoms with Crippen molar-refractivity contribution in [2.24, 2.45) is 11.7 Å². The summed E-state index contributed by atoms with van der Waals surface area (Å²) in [5.41, 5.74) is 7.80. The molecule has 0 heterocycles. The van der Waals surface area contributed by atoms with Gasteiger partial charge < -0.3 is 15.4 Å². The smallest absolute Gasteiger partial charge is 0.123 e. The van der Waals surface area contributed by atoms with Gasteiger partial charge in [-0.1, -0.05) is 13.8 Å². The monoisotopic (exact) mass is 268 g/mol. The molecule has 1 aromatic carbocycles. The summed E-state index contributed by atoms with van der Waals surface area (Å²) in [6, 6.07) is 4.64. The van der Waals surface area contributed by atoms with Crippen LogP contribution in [-0.2, 0) is 4.74 Å². The predicted octanol–water partition coefficient (Wildman–Crippen LogP) is 2.95.